The first-order valence-corrected chi connectivity index (χ1v) is 11.6. The molecule has 0 saturated carbocycles. The van der Waals surface area contributed by atoms with Gasteiger partial charge in [-0.05, 0) is 46.2 Å². The Kier molecular flexibility index (Phi) is 4.84. The van der Waals surface area contributed by atoms with Gasteiger partial charge in [-0.1, -0.05) is 48.0 Å². The van der Waals surface area contributed by atoms with Crippen molar-refractivity contribution >= 4 is 32.4 Å². The lowest BCUT2D eigenvalue weighted by molar-refractivity contribution is 0.152. The van der Waals surface area contributed by atoms with Crippen molar-refractivity contribution < 1.29 is 8.42 Å². The number of nitrogens with one attached hydrogen (secondary N) is 2. The van der Waals surface area contributed by atoms with Gasteiger partial charge in [-0.2, -0.15) is 0 Å². The first-order chi connectivity index (χ1) is 14.0. The van der Waals surface area contributed by atoms with E-state index in [2.05, 4.69) is 39.2 Å². The van der Waals surface area contributed by atoms with Crippen molar-refractivity contribution in [2.75, 3.05) is 26.2 Å². The van der Waals surface area contributed by atoms with Crippen LogP contribution >= 0.6 is 11.6 Å². The molecule has 1 saturated heterocycles. The molecule has 0 bridgehead atoms. The Balaban J connectivity index is 1.60. The molecular formula is C22H22ClN3O2S. The van der Waals surface area contributed by atoms with E-state index in [0.717, 1.165) is 37.1 Å². The Morgan fingerprint density at radius 2 is 1.59 bits per heavy atom. The van der Waals surface area contributed by atoms with Crippen LogP contribution in [0.5, 0.6) is 0 Å². The predicted octanol–water partition coefficient (Wildman–Crippen LogP) is 3.47. The fourth-order valence-electron chi connectivity index (χ4n) is 4.60. The Bertz CT molecular complexity index is 1150. The number of benzene rings is 3. The quantitative estimate of drug-likeness (QED) is 0.669. The van der Waals surface area contributed by atoms with Gasteiger partial charge in [0.2, 0.25) is 10.0 Å². The summed E-state index contributed by atoms with van der Waals surface area (Å²) >= 11 is 5.94. The molecule has 0 aromatic heterocycles. The highest BCUT2D eigenvalue weighted by Crippen LogP contribution is 2.47. The predicted molar refractivity (Wildman–Crippen MR) is 116 cm³/mol. The zero-order valence-electron chi connectivity index (χ0n) is 15.8. The van der Waals surface area contributed by atoms with Crippen molar-refractivity contribution in [3.63, 3.8) is 0 Å². The van der Waals surface area contributed by atoms with Crippen molar-refractivity contribution in [3.8, 4) is 0 Å². The molecule has 2 aliphatic rings. The molecule has 1 aliphatic carbocycles. The molecule has 150 valence electrons. The van der Waals surface area contributed by atoms with Crippen molar-refractivity contribution in [1.82, 2.24) is 14.9 Å². The molecule has 3 aromatic carbocycles. The van der Waals surface area contributed by atoms with Gasteiger partial charge in [-0.15, -0.1) is 0 Å². The van der Waals surface area contributed by atoms with E-state index in [9.17, 15) is 8.42 Å². The molecule has 5 nitrogen and oxygen atoms in total. The van der Waals surface area contributed by atoms with Crippen molar-refractivity contribution in [3.05, 3.63) is 76.8 Å². The Hall–Kier alpha value is -1.96. The van der Waals surface area contributed by atoms with E-state index in [0.29, 0.717) is 5.02 Å². The average molecular weight is 428 g/mol. The summed E-state index contributed by atoms with van der Waals surface area (Å²) in [5.41, 5.74) is 2.24. The third-order valence-electron chi connectivity index (χ3n) is 5.89. The maximum absolute atomic E-state index is 13.2. The molecule has 0 amide bonds. The summed E-state index contributed by atoms with van der Waals surface area (Å²) in [4.78, 5) is 2.62. The summed E-state index contributed by atoms with van der Waals surface area (Å²) in [6, 6.07) is 18.4. The molecule has 29 heavy (non-hydrogen) atoms. The molecule has 5 rings (SSSR count). The van der Waals surface area contributed by atoms with Crippen LogP contribution in [0.2, 0.25) is 5.02 Å². The molecule has 0 radical (unpaired) electrons. The van der Waals surface area contributed by atoms with Crippen LogP contribution in [-0.4, -0.2) is 39.5 Å². The van der Waals surface area contributed by atoms with E-state index >= 15 is 0 Å². The van der Waals surface area contributed by atoms with Crippen LogP contribution in [-0.2, 0) is 10.0 Å². The molecule has 1 heterocycles. The molecule has 7 heteroatoms. The highest BCUT2D eigenvalue weighted by molar-refractivity contribution is 7.89. The summed E-state index contributed by atoms with van der Waals surface area (Å²) < 4.78 is 29.4. The van der Waals surface area contributed by atoms with E-state index in [1.165, 1.54) is 10.9 Å². The van der Waals surface area contributed by atoms with Crippen LogP contribution in [0.15, 0.2) is 65.6 Å². The van der Waals surface area contributed by atoms with Gasteiger partial charge in [0.05, 0.1) is 17.0 Å². The van der Waals surface area contributed by atoms with E-state index in [1.807, 2.05) is 12.1 Å². The number of nitrogens with zero attached hydrogens (tertiary/aromatic N) is 1. The minimum Gasteiger partial charge on any atom is -0.314 e. The van der Waals surface area contributed by atoms with Gasteiger partial charge in [0.25, 0.3) is 0 Å². The van der Waals surface area contributed by atoms with Gasteiger partial charge in [0.1, 0.15) is 0 Å². The highest BCUT2D eigenvalue weighted by atomic mass is 35.5. The van der Waals surface area contributed by atoms with Crippen LogP contribution in [0.25, 0.3) is 10.8 Å². The second kappa shape index (κ2) is 7.38. The fourth-order valence-corrected chi connectivity index (χ4v) is 5.95. The lowest BCUT2D eigenvalue weighted by atomic mass is 10.0. The lowest BCUT2D eigenvalue weighted by Gasteiger charge is -2.37. The summed E-state index contributed by atoms with van der Waals surface area (Å²) in [6.45, 7) is 3.57. The standard InChI is InChI=1S/C22H22ClN3O2S/c23-16-7-9-17(10-8-16)29(27,28)25-21-18-5-1-3-15-4-2-6-19(20(15)18)22(21)26-13-11-24-12-14-26/h1-10,21-22,24-25H,11-14H2/t21-,22+/m0/s1. The highest BCUT2D eigenvalue weighted by Gasteiger charge is 2.40. The van der Waals surface area contributed by atoms with E-state index in [1.54, 1.807) is 24.3 Å². The zero-order valence-corrected chi connectivity index (χ0v) is 17.4. The van der Waals surface area contributed by atoms with Gasteiger partial charge in [0, 0.05) is 31.2 Å². The summed E-state index contributed by atoms with van der Waals surface area (Å²) in [6.07, 6.45) is 0. The van der Waals surface area contributed by atoms with E-state index < -0.39 is 10.0 Å². The monoisotopic (exact) mass is 427 g/mol. The van der Waals surface area contributed by atoms with E-state index in [4.69, 9.17) is 11.6 Å². The summed E-state index contributed by atoms with van der Waals surface area (Å²) in [5.74, 6) is 0. The first-order valence-electron chi connectivity index (χ1n) is 9.79. The van der Waals surface area contributed by atoms with Crippen LogP contribution in [0.4, 0.5) is 0 Å². The van der Waals surface area contributed by atoms with Crippen LogP contribution < -0.4 is 10.0 Å². The first kappa shape index (κ1) is 19.0. The second-order valence-electron chi connectivity index (χ2n) is 7.58. The summed E-state index contributed by atoms with van der Waals surface area (Å²) in [5, 5.41) is 6.22. The molecule has 1 aliphatic heterocycles. The van der Waals surface area contributed by atoms with Gasteiger partial charge < -0.3 is 5.32 Å². The normalized spacial score (nSPS) is 22.2. The van der Waals surface area contributed by atoms with Crippen molar-refractivity contribution in [1.29, 1.82) is 0 Å². The number of rotatable bonds is 4. The minimum atomic E-state index is -3.70. The minimum absolute atomic E-state index is 0.0275. The maximum atomic E-state index is 13.2. The third-order valence-corrected chi connectivity index (χ3v) is 7.60. The lowest BCUT2D eigenvalue weighted by Crippen LogP contribution is -2.48. The largest absolute Gasteiger partial charge is 0.314 e. The number of sulfonamides is 1. The SMILES string of the molecule is O=S(=O)(N[C@H]1c2cccc3cccc(c23)[C@H]1N1CCNCC1)c1ccc(Cl)cc1. The topological polar surface area (TPSA) is 61.4 Å². The van der Waals surface area contributed by atoms with Gasteiger partial charge in [-0.3, -0.25) is 4.90 Å². The van der Waals surface area contributed by atoms with Gasteiger partial charge in [-0.25, -0.2) is 13.1 Å². The van der Waals surface area contributed by atoms with Crippen molar-refractivity contribution in [2.24, 2.45) is 0 Å². The second-order valence-corrected chi connectivity index (χ2v) is 9.73. The molecule has 2 N–H and O–H groups in total. The summed E-state index contributed by atoms with van der Waals surface area (Å²) in [7, 11) is -3.70. The fraction of sp³-hybridized carbons (Fsp3) is 0.273. The Labute approximate surface area is 175 Å². The Morgan fingerprint density at radius 1 is 0.931 bits per heavy atom. The van der Waals surface area contributed by atoms with Crippen molar-refractivity contribution in [2.45, 2.75) is 17.0 Å². The molecule has 2 atom stereocenters. The smallest absolute Gasteiger partial charge is 0.241 e. The van der Waals surface area contributed by atoms with Gasteiger partial charge >= 0.3 is 0 Å². The molecule has 3 aromatic rings. The number of hydrogen-bond acceptors (Lipinski definition) is 4. The van der Waals surface area contributed by atoms with Gasteiger partial charge in [0.15, 0.2) is 0 Å². The van der Waals surface area contributed by atoms with Crippen LogP contribution in [0.1, 0.15) is 23.2 Å². The Morgan fingerprint density at radius 3 is 2.28 bits per heavy atom. The number of halogens is 1. The molecular weight excluding hydrogens is 406 g/mol. The number of hydrogen-bond donors (Lipinski definition) is 2. The average Bonchev–Trinajstić information content (AvgIpc) is 3.04. The molecule has 0 spiro atoms. The number of piperazine rings is 1. The zero-order chi connectivity index (χ0) is 20.0. The van der Waals surface area contributed by atoms with Crippen LogP contribution in [0.3, 0.4) is 0 Å². The molecule has 0 unspecified atom stereocenters. The maximum Gasteiger partial charge on any atom is 0.241 e. The third kappa shape index (κ3) is 3.35. The van der Waals surface area contributed by atoms with E-state index in [-0.39, 0.29) is 17.0 Å². The van der Waals surface area contributed by atoms with Crippen LogP contribution in [0, 0.1) is 0 Å². The molecule has 1 fully saturated rings.